The largest absolute Gasteiger partial charge is 0.472 e. The van der Waals surface area contributed by atoms with E-state index >= 15 is 0 Å². The second kappa shape index (κ2) is 42.8. The Morgan fingerprint density at radius 3 is 1.49 bits per heavy atom. The molecular formula is C47H80NO8P. The van der Waals surface area contributed by atoms with Crippen LogP contribution in [0.3, 0.4) is 0 Å². The second-order valence-electron chi connectivity index (χ2n) is 14.2. The van der Waals surface area contributed by atoms with Crippen molar-refractivity contribution in [2.45, 2.75) is 174 Å². The number of rotatable bonds is 40. The summed E-state index contributed by atoms with van der Waals surface area (Å²) >= 11 is 0. The van der Waals surface area contributed by atoms with Crippen molar-refractivity contribution in [3.63, 3.8) is 0 Å². The molecule has 0 aromatic heterocycles. The van der Waals surface area contributed by atoms with Crippen molar-refractivity contribution in [3.8, 4) is 0 Å². The van der Waals surface area contributed by atoms with E-state index in [2.05, 4.69) is 92.8 Å². The number of carbonyl (C=O) groups excluding carboxylic acids is 2. The van der Waals surface area contributed by atoms with E-state index in [1.165, 1.54) is 51.4 Å². The van der Waals surface area contributed by atoms with E-state index in [9.17, 15) is 19.0 Å². The molecule has 0 rings (SSSR count). The van der Waals surface area contributed by atoms with Crippen molar-refractivity contribution in [2.75, 3.05) is 26.4 Å². The van der Waals surface area contributed by atoms with Crippen molar-refractivity contribution in [1.29, 1.82) is 0 Å². The zero-order valence-corrected chi connectivity index (χ0v) is 36.7. The number of esters is 2. The molecule has 0 aliphatic rings. The molecule has 0 aliphatic heterocycles. The SMILES string of the molecule is CC/C=C/C/C=C/C/C=C/CCCCCCCC(=O)OC[C@H](COP(=O)(O)OCCN)OC(=O)CCC/C=C/C/C=C/C/C=C/C/C=C/CCCCCCCCC. The average Bonchev–Trinajstić information content (AvgIpc) is 3.20. The summed E-state index contributed by atoms with van der Waals surface area (Å²) in [5.41, 5.74) is 5.34. The molecule has 0 saturated heterocycles. The number of phosphoric acid groups is 1. The molecule has 1 unspecified atom stereocenters. The van der Waals surface area contributed by atoms with E-state index in [0.29, 0.717) is 19.3 Å². The maximum absolute atomic E-state index is 12.6. The van der Waals surface area contributed by atoms with Gasteiger partial charge in [-0.1, -0.05) is 157 Å². The highest BCUT2D eigenvalue weighted by Crippen LogP contribution is 2.43. The average molecular weight is 818 g/mol. The Hall–Kier alpha value is -2.81. The monoisotopic (exact) mass is 818 g/mol. The third-order valence-corrected chi connectivity index (χ3v) is 9.75. The van der Waals surface area contributed by atoms with Crippen LogP contribution in [-0.4, -0.2) is 49.3 Å². The summed E-state index contributed by atoms with van der Waals surface area (Å²) in [5, 5.41) is 0. The van der Waals surface area contributed by atoms with Gasteiger partial charge in [0.25, 0.3) is 0 Å². The van der Waals surface area contributed by atoms with Crippen LogP contribution >= 0.6 is 7.82 Å². The van der Waals surface area contributed by atoms with Crippen LogP contribution in [0.5, 0.6) is 0 Å². The Balaban J connectivity index is 4.29. The molecular weight excluding hydrogens is 737 g/mol. The summed E-state index contributed by atoms with van der Waals surface area (Å²) in [6, 6.07) is 0. The Labute approximate surface area is 347 Å². The van der Waals surface area contributed by atoms with E-state index in [0.717, 1.165) is 70.6 Å². The Morgan fingerprint density at radius 1 is 0.544 bits per heavy atom. The molecule has 0 aromatic rings. The Kier molecular flexibility index (Phi) is 40.7. The van der Waals surface area contributed by atoms with Crippen molar-refractivity contribution < 1.29 is 37.6 Å². The predicted molar refractivity (Wildman–Crippen MR) is 238 cm³/mol. The van der Waals surface area contributed by atoms with Crippen LogP contribution in [0.25, 0.3) is 0 Å². The minimum atomic E-state index is -4.40. The molecule has 0 bridgehead atoms. The molecule has 9 nitrogen and oxygen atoms in total. The smallest absolute Gasteiger partial charge is 0.462 e. The third kappa shape index (κ3) is 42.6. The van der Waals surface area contributed by atoms with Crippen molar-refractivity contribution in [1.82, 2.24) is 0 Å². The zero-order valence-electron chi connectivity index (χ0n) is 35.8. The fourth-order valence-corrected chi connectivity index (χ4v) is 6.29. The summed E-state index contributed by atoms with van der Waals surface area (Å²) < 4.78 is 32.7. The molecule has 2 atom stereocenters. The number of nitrogens with two attached hydrogens (primary N) is 1. The van der Waals surface area contributed by atoms with E-state index < -0.39 is 32.5 Å². The lowest BCUT2D eigenvalue weighted by Crippen LogP contribution is -2.29. The lowest BCUT2D eigenvalue weighted by atomic mass is 10.1. The van der Waals surface area contributed by atoms with Gasteiger partial charge in [0, 0.05) is 19.4 Å². The molecule has 0 radical (unpaired) electrons. The van der Waals surface area contributed by atoms with Crippen LogP contribution in [0.1, 0.15) is 168 Å². The number of ether oxygens (including phenoxy) is 2. The van der Waals surface area contributed by atoms with Crippen LogP contribution < -0.4 is 5.73 Å². The van der Waals surface area contributed by atoms with Crippen LogP contribution in [0.2, 0.25) is 0 Å². The first-order chi connectivity index (χ1) is 27.8. The molecule has 3 N–H and O–H groups in total. The van der Waals surface area contributed by atoms with Crippen molar-refractivity contribution >= 4 is 19.8 Å². The van der Waals surface area contributed by atoms with E-state index in [1.54, 1.807) is 0 Å². The maximum atomic E-state index is 12.6. The molecule has 326 valence electrons. The van der Waals surface area contributed by atoms with Crippen LogP contribution in [0, 0.1) is 0 Å². The highest BCUT2D eigenvalue weighted by Gasteiger charge is 2.25. The highest BCUT2D eigenvalue weighted by atomic mass is 31.2. The molecule has 0 heterocycles. The van der Waals surface area contributed by atoms with Gasteiger partial charge in [-0.3, -0.25) is 18.6 Å². The van der Waals surface area contributed by atoms with Crippen LogP contribution in [0.4, 0.5) is 0 Å². The summed E-state index contributed by atoms with van der Waals surface area (Å²) in [5.74, 6) is -0.922. The van der Waals surface area contributed by atoms with Gasteiger partial charge in [0.1, 0.15) is 6.61 Å². The van der Waals surface area contributed by atoms with Gasteiger partial charge in [0.2, 0.25) is 0 Å². The standard InChI is InChI=1S/C47H80NO8P/c1-3-5-7-9-11-13-15-17-19-20-21-22-23-24-26-28-30-32-34-36-38-40-47(50)56-45(44-55-57(51,52)54-42-41-48)43-53-46(49)39-37-35-33-31-29-27-25-18-16-14-12-10-8-6-4-2/h6,8,12,14,18-20,22-23,25-26,28,32,34,45H,3-5,7,9-11,13,15-17,21,24,27,29-31,33,35-44,48H2,1-2H3,(H,51,52)/b8-6+,14-12+,20-19+,23-22+,25-18+,28-26+,34-32+/t45-/m1/s1. The lowest BCUT2D eigenvalue weighted by molar-refractivity contribution is -0.161. The second-order valence-corrected chi connectivity index (χ2v) is 15.6. The van der Waals surface area contributed by atoms with Gasteiger partial charge in [0.05, 0.1) is 13.2 Å². The van der Waals surface area contributed by atoms with Gasteiger partial charge in [-0.2, -0.15) is 0 Å². The number of hydrogen-bond donors (Lipinski definition) is 2. The van der Waals surface area contributed by atoms with Crippen LogP contribution in [0.15, 0.2) is 85.1 Å². The van der Waals surface area contributed by atoms with Crippen molar-refractivity contribution in [3.05, 3.63) is 85.1 Å². The molecule has 0 saturated carbocycles. The van der Waals surface area contributed by atoms with Gasteiger partial charge in [-0.25, -0.2) is 4.57 Å². The first-order valence-corrected chi connectivity index (χ1v) is 23.6. The molecule has 0 amide bonds. The molecule has 0 aliphatic carbocycles. The first-order valence-electron chi connectivity index (χ1n) is 22.1. The van der Waals surface area contributed by atoms with E-state index in [1.807, 2.05) is 6.08 Å². The van der Waals surface area contributed by atoms with Gasteiger partial charge in [0.15, 0.2) is 6.10 Å². The quantitative estimate of drug-likeness (QED) is 0.0268. The summed E-state index contributed by atoms with van der Waals surface area (Å²) in [7, 11) is -4.40. The summed E-state index contributed by atoms with van der Waals surface area (Å²) in [6.07, 6.45) is 53.4. The number of hydrogen-bond acceptors (Lipinski definition) is 8. The van der Waals surface area contributed by atoms with E-state index in [4.69, 9.17) is 24.3 Å². The topological polar surface area (TPSA) is 134 Å². The zero-order chi connectivity index (χ0) is 41.8. The number of carbonyl (C=O) groups is 2. The molecule has 0 fully saturated rings. The number of allylic oxidation sites excluding steroid dienone is 14. The Morgan fingerprint density at radius 2 is 0.982 bits per heavy atom. The minimum Gasteiger partial charge on any atom is -0.462 e. The molecule has 10 heteroatoms. The minimum absolute atomic E-state index is 0.0377. The van der Waals surface area contributed by atoms with Crippen LogP contribution in [-0.2, 0) is 32.7 Å². The van der Waals surface area contributed by atoms with Crippen molar-refractivity contribution in [2.24, 2.45) is 5.73 Å². The summed E-state index contributed by atoms with van der Waals surface area (Å²) in [6.45, 7) is 3.52. The third-order valence-electron chi connectivity index (χ3n) is 8.77. The molecule has 0 spiro atoms. The molecule has 0 aromatic carbocycles. The Bertz CT molecular complexity index is 1210. The highest BCUT2D eigenvalue weighted by molar-refractivity contribution is 7.47. The van der Waals surface area contributed by atoms with Gasteiger partial charge < -0.3 is 20.1 Å². The molecule has 57 heavy (non-hydrogen) atoms. The normalized spacial score (nSPS) is 14.1. The number of unbranched alkanes of at least 4 members (excludes halogenated alkanes) is 13. The fraction of sp³-hybridized carbons (Fsp3) is 0.660. The number of phosphoric ester groups is 1. The van der Waals surface area contributed by atoms with E-state index in [-0.39, 0.29) is 32.6 Å². The van der Waals surface area contributed by atoms with Gasteiger partial charge >= 0.3 is 19.8 Å². The summed E-state index contributed by atoms with van der Waals surface area (Å²) in [4.78, 5) is 34.8. The van der Waals surface area contributed by atoms with Gasteiger partial charge in [-0.15, -0.1) is 0 Å². The fourth-order valence-electron chi connectivity index (χ4n) is 5.52. The van der Waals surface area contributed by atoms with Gasteiger partial charge in [-0.05, 0) is 83.5 Å². The predicted octanol–water partition coefficient (Wildman–Crippen LogP) is 12.8. The lowest BCUT2D eigenvalue weighted by Gasteiger charge is -2.19. The maximum Gasteiger partial charge on any atom is 0.472 e. The first kappa shape index (κ1) is 54.2.